The van der Waals surface area contributed by atoms with Crippen molar-refractivity contribution in [2.75, 3.05) is 43.8 Å². The van der Waals surface area contributed by atoms with Gasteiger partial charge in [0.25, 0.3) is 0 Å². The number of aromatic nitrogens is 3. The van der Waals surface area contributed by atoms with E-state index in [1.54, 1.807) is 0 Å². The second-order valence-electron chi connectivity index (χ2n) is 7.53. The maximum absolute atomic E-state index is 5.96. The van der Waals surface area contributed by atoms with Crippen LogP contribution >= 0.6 is 0 Å². The summed E-state index contributed by atoms with van der Waals surface area (Å²) in [5.41, 5.74) is 7.97. The van der Waals surface area contributed by atoms with Crippen LogP contribution in [-0.2, 0) is 6.54 Å². The van der Waals surface area contributed by atoms with Gasteiger partial charge in [0, 0.05) is 26.2 Å². The molecule has 4 rings (SSSR count). The number of hydrogen-bond acceptors (Lipinski definition) is 8. The van der Waals surface area contributed by atoms with Crippen molar-refractivity contribution in [1.82, 2.24) is 24.8 Å². The third-order valence-electron chi connectivity index (χ3n) is 5.18. The predicted molar refractivity (Wildman–Crippen MR) is 127 cm³/mol. The van der Waals surface area contributed by atoms with Crippen LogP contribution in [0.15, 0.2) is 60.8 Å². The van der Waals surface area contributed by atoms with E-state index in [9.17, 15) is 0 Å². The van der Waals surface area contributed by atoms with Crippen molar-refractivity contribution < 1.29 is 4.74 Å². The molecule has 3 aromatic rings. The summed E-state index contributed by atoms with van der Waals surface area (Å²) in [6, 6.07) is 18.0. The molecule has 0 aliphatic carbocycles. The minimum atomic E-state index is 0.204. The van der Waals surface area contributed by atoms with E-state index in [2.05, 4.69) is 66.6 Å². The van der Waals surface area contributed by atoms with Gasteiger partial charge >= 0.3 is 0 Å². The summed E-state index contributed by atoms with van der Waals surface area (Å²) in [5, 5.41) is 3.21. The summed E-state index contributed by atoms with van der Waals surface area (Å²) in [6.45, 7) is 6.93. The Morgan fingerprint density at radius 2 is 1.72 bits per heavy atom. The summed E-state index contributed by atoms with van der Waals surface area (Å²) >= 11 is 0. The molecule has 1 saturated heterocycles. The van der Waals surface area contributed by atoms with Crippen LogP contribution in [0.3, 0.4) is 0 Å². The van der Waals surface area contributed by atoms with Crippen LogP contribution in [-0.4, -0.2) is 57.5 Å². The summed E-state index contributed by atoms with van der Waals surface area (Å²) < 4.78 is 5.67. The zero-order valence-corrected chi connectivity index (χ0v) is 18.3. The van der Waals surface area contributed by atoms with E-state index in [0.29, 0.717) is 24.9 Å². The van der Waals surface area contributed by atoms with Gasteiger partial charge in [-0.3, -0.25) is 4.90 Å². The fraction of sp³-hybridized carbons (Fsp3) is 0.292. The second kappa shape index (κ2) is 10.6. The van der Waals surface area contributed by atoms with Gasteiger partial charge in [0.05, 0.1) is 18.8 Å². The molecule has 1 aliphatic heterocycles. The van der Waals surface area contributed by atoms with E-state index < -0.39 is 0 Å². The highest BCUT2D eigenvalue weighted by Gasteiger charge is 2.17. The Morgan fingerprint density at radius 1 is 0.969 bits per heavy atom. The molecule has 0 unspecified atom stereocenters. The Morgan fingerprint density at radius 3 is 2.50 bits per heavy atom. The molecular weight excluding hydrogens is 402 g/mol. The number of rotatable bonds is 8. The largest absolute Gasteiger partial charge is 0.492 e. The van der Waals surface area contributed by atoms with Crippen molar-refractivity contribution in [1.29, 1.82) is 0 Å². The molecule has 2 aromatic carbocycles. The highest BCUT2D eigenvalue weighted by atomic mass is 16.5. The zero-order valence-electron chi connectivity index (χ0n) is 18.3. The Bertz CT molecular complexity index is 1030. The summed E-state index contributed by atoms with van der Waals surface area (Å²) in [5.74, 6) is 2.03. The summed E-state index contributed by atoms with van der Waals surface area (Å²) in [6.07, 6.45) is 4.33. The van der Waals surface area contributed by atoms with Crippen molar-refractivity contribution in [3.63, 3.8) is 0 Å². The lowest BCUT2D eigenvalue weighted by Crippen LogP contribution is -2.43. The summed E-state index contributed by atoms with van der Waals surface area (Å²) in [7, 11) is 0. The van der Waals surface area contributed by atoms with Gasteiger partial charge in [-0.25, -0.2) is 0 Å². The number of para-hydroxylation sites is 2. The van der Waals surface area contributed by atoms with Gasteiger partial charge < -0.3 is 20.7 Å². The number of nitrogens with two attached hydrogens (primary N) is 1. The fourth-order valence-corrected chi connectivity index (χ4v) is 3.56. The minimum absolute atomic E-state index is 0.204. The molecule has 0 spiro atoms. The number of anilines is 3. The molecular formula is C24H29N7O. The number of nitrogen functional groups attached to an aromatic ring is 1. The standard InChI is InChI=1S/C24H29N7O/c1-2-32-21-11-7-6-10-20(21)26-24-28-22(27-23(25)29-24)18-31-16-14-30(15-17-31)13-12-19-8-4-3-5-9-19/h3-13H,2,14-18H2,1H3,(H3,25,26,27,28,29)/b13-12+. The Hall–Kier alpha value is -3.65. The Labute approximate surface area is 188 Å². The predicted octanol–water partition coefficient (Wildman–Crippen LogP) is 3.38. The average molecular weight is 432 g/mol. The van der Waals surface area contributed by atoms with Gasteiger partial charge in [0.15, 0.2) is 0 Å². The van der Waals surface area contributed by atoms with E-state index in [1.165, 1.54) is 5.56 Å². The summed E-state index contributed by atoms with van der Waals surface area (Å²) in [4.78, 5) is 17.8. The Balaban J connectivity index is 1.35. The second-order valence-corrected chi connectivity index (χ2v) is 7.53. The molecule has 2 heterocycles. The van der Waals surface area contributed by atoms with Gasteiger partial charge in [0.1, 0.15) is 11.6 Å². The lowest BCUT2D eigenvalue weighted by Gasteiger charge is -2.33. The first-order valence-corrected chi connectivity index (χ1v) is 10.9. The molecule has 1 fully saturated rings. The number of piperazine rings is 1. The lowest BCUT2D eigenvalue weighted by atomic mass is 10.2. The van der Waals surface area contributed by atoms with Gasteiger partial charge in [-0.1, -0.05) is 42.5 Å². The highest BCUT2D eigenvalue weighted by molar-refractivity contribution is 5.62. The molecule has 166 valence electrons. The van der Waals surface area contributed by atoms with Crippen LogP contribution in [0, 0.1) is 0 Å². The van der Waals surface area contributed by atoms with Crippen LogP contribution in [0.4, 0.5) is 17.6 Å². The monoisotopic (exact) mass is 431 g/mol. The molecule has 1 aromatic heterocycles. The van der Waals surface area contributed by atoms with E-state index in [-0.39, 0.29) is 5.95 Å². The maximum Gasteiger partial charge on any atom is 0.232 e. The van der Waals surface area contributed by atoms with Gasteiger partial charge in [-0.15, -0.1) is 0 Å². The molecule has 32 heavy (non-hydrogen) atoms. The van der Waals surface area contributed by atoms with Gasteiger partial charge in [0.2, 0.25) is 11.9 Å². The fourth-order valence-electron chi connectivity index (χ4n) is 3.56. The SMILES string of the molecule is CCOc1ccccc1Nc1nc(N)nc(CN2CCN(/C=C/c3ccccc3)CC2)n1. The van der Waals surface area contributed by atoms with Crippen molar-refractivity contribution in [3.05, 3.63) is 72.2 Å². The first kappa shape index (κ1) is 21.6. The van der Waals surface area contributed by atoms with Crippen LogP contribution < -0.4 is 15.8 Å². The normalized spacial score (nSPS) is 14.6. The average Bonchev–Trinajstić information content (AvgIpc) is 2.80. The van der Waals surface area contributed by atoms with E-state index in [1.807, 2.05) is 37.3 Å². The number of nitrogens with zero attached hydrogens (tertiary/aromatic N) is 5. The molecule has 1 aliphatic rings. The van der Waals surface area contributed by atoms with Crippen molar-refractivity contribution in [3.8, 4) is 5.75 Å². The van der Waals surface area contributed by atoms with Crippen LogP contribution in [0.2, 0.25) is 0 Å². The molecule has 0 saturated carbocycles. The van der Waals surface area contributed by atoms with E-state index in [4.69, 9.17) is 10.5 Å². The topological polar surface area (TPSA) is 92.4 Å². The smallest absolute Gasteiger partial charge is 0.232 e. The quantitative estimate of drug-likeness (QED) is 0.561. The molecule has 3 N–H and O–H groups in total. The molecule has 0 radical (unpaired) electrons. The van der Waals surface area contributed by atoms with E-state index in [0.717, 1.165) is 37.6 Å². The van der Waals surface area contributed by atoms with Crippen molar-refractivity contribution >= 4 is 23.7 Å². The minimum Gasteiger partial charge on any atom is -0.492 e. The molecule has 0 amide bonds. The number of ether oxygens (including phenoxy) is 1. The van der Waals surface area contributed by atoms with Crippen LogP contribution in [0.25, 0.3) is 6.08 Å². The van der Waals surface area contributed by atoms with Crippen molar-refractivity contribution in [2.24, 2.45) is 0 Å². The lowest BCUT2D eigenvalue weighted by molar-refractivity contribution is 0.160. The number of nitrogens with one attached hydrogen (secondary N) is 1. The van der Waals surface area contributed by atoms with Crippen molar-refractivity contribution in [2.45, 2.75) is 13.5 Å². The molecule has 0 bridgehead atoms. The first-order chi connectivity index (χ1) is 15.7. The maximum atomic E-state index is 5.96. The van der Waals surface area contributed by atoms with Gasteiger partial charge in [-0.2, -0.15) is 15.0 Å². The number of hydrogen-bond donors (Lipinski definition) is 2. The van der Waals surface area contributed by atoms with Gasteiger partial charge in [-0.05, 0) is 36.9 Å². The zero-order chi connectivity index (χ0) is 22.2. The third-order valence-corrected chi connectivity index (χ3v) is 5.18. The first-order valence-electron chi connectivity index (χ1n) is 10.9. The number of benzene rings is 2. The third kappa shape index (κ3) is 5.95. The highest BCUT2D eigenvalue weighted by Crippen LogP contribution is 2.26. The molecule has 8 heteroatoms. The molecule has 8 nitrogen and oxygen atoms in total. The van der Waals surface area contributed by atoms with E-state index >= 15 is 0 Å². The molecule has 0 atom stereocenters. The Kier molecular flexibility index (Phi) is 7.14. The van der Waals surface area contributed by atoms with Crippen LogP contribution in [0.1, 0.15) is 18.3 Å². The van der Waals surface area contributed by atoms with Crippen LogP contribution in [0.5, 0.6) is 5.75 Å².